The molecule has 2 heterocycles. The minimum Gasteiger partial charge on any atom is -0.378 e. The van der Waals surface area contributed by atoms with Crippen molar-refractivity contribution in [3.05, 3.63) is 18.3 Å². The topological polar surface area (TPSA) is 89.6 Å². The van der Waals surface area contributed by atoms with Crippen LogP contribution in [0.1, 0.15) is 13.3 Å². The highest BCUT2D eigenvalue weighted by Gasteiger charge is 2.36. The number of anilines is 1. The van der Waals surface area contributed by atoms with Gasteiger partial charge in [-0.2, -0.15) is 0 Å². The van der Waals surface area contributed by atoms with Crippen molar-refractivity contribution >= 4 is 15.8 Å². The van der Waals surface area contributed by atoms with Crippen LogP contribution < -0.4 is 10.0 Å². The molecule has 1 saturated heterocycles. The maximum absolute atomic E-state index is 12.5. The van der Waals surface area contributed by atoms with Crippen molar-refractivity contribution in [2.75, 3.05) is 38.7 Å². The molecule has 1 atom stereocenters. The number of rotatable bonds is 7. The van der Waals surface area contributed by atoms with E-state index in [4.69, 9.17) is 9.47 Å². The second-order valence-electron chi connectivity index (χ2n) is 4.89. The minimum atomic E-state index is -3.66. The molecule has 1 aromatic heterocycles. The first-order valence-corrected chi connectivity index (χ1v) is 8.33. The first kappa shape index (κ1) is 16.2. The van der Waals surface area contributed by atoms with E-state index in [2.05, 4.69) is 15.0 Å². The van der Waals surface area contributed by atoms with Gasteiger partial charge < -0.3 is 14.8 Å². The molecule has 2 rings (SSSR count). The summed E-state index contributed by atoms with van der Waals surface area (Å²) in [6, 6.07) is 3.12. The van der Waals surface area contributed by atoms with Crippen molar-refractivity contribution in [3.8, 4) is 0 Å². The fourth-order valence-electron chi connectivity index (χ4n) is 2.17. The Balaban J connectivity index is 2.15. The molecule has 0 radical (unpaired) electrons. The van der Waals surface area contributed by atoms with Gasteiger partial charge in [0.05, 0.1) is 6.61 Å². The van der Waals surface area contributed by atoms with E-state index in [-0.39, 0.29) is 11.4 Å². The number of ether oxygens (including phenoxy) is 2. The molecule has 1 unspecified atom stereocenters. The molecule has 1 fully saturated rings. The van der Waals surface area contributed by atoms with Gasteiger partial charge in [0.2, 0.25) is 10.0 Å². The Morgan fingerprint density at radius 1 is 1.52 bits per heavy atom. The Morgan fingerprint density at radius 3 is 2.95 bits per heavy atom. The number of hydrogen-bond donors (Lipinski definition) is 2. The molecule has 7 nitrogen and oxygen atoms in total. The van der Waals surface area contributed by atoms with Gasteiger partial charge in [-0.3, -0.25) is 0 Å². The molecule has 0 saturated carbocycles. The summed E-state index contributed by atoms with van der Waals surface area (Å²) in [5.41, 5.74) is -0.590. The van der Waals surface area contributed by atoms with Crippen molar-refractivity contribution in [1.29, 1.82) is 0 Å². The van der Waals surface area contributed by atoms with E-state index >= 15 is 0 Å². The van der Waals surface area contributed by atoms with E-state index in [1.54, 1.807) is 19.4 Å². The van der Waals surface area contributed by atoms with Crippen LogP contribution in [0.3, 0.4) is 0 Å². The molecular formula is C13H21N3O4S. The first-order chi connectivity index (χ1) is 10.0. The van der Waals surface area contributed by atoms with Crippen LogP contribution in [-0.2, 0) is 19.5 Å². The summed E-state index contributed by atoms with van der Waals surface area (Å²) in [7, 11) is -2.09. The van der Waals surface area contributed by atoms with Crippen molar-refractivity contribution in [2.45, 2.75) is 23.8 Å². The molecule has 0 spiro atoms. The number of nitrogens with one attached hydrogen (secondary N) is 2. The smallest absolute Gasteiger partial charge is 0.244 e. The van der Waals surface area contributed by atoms with Gasteiger partial charge in [0.15, 0.2) is 0 Å². The Kier molecular flexibility index (Phi) is 5.15. The predicted molar refractivity (Wildman–Crippen MR) is 78.8 cm³/mol. The third kappa shape index (κ3) is 3.70. The average molecular weight is 315 g/mol. The fourth-order valence-corrected chi connectivity index (χ4v) is 3.42. The highest BCUT2D eigenvalue weighted by Crippen LogP contribution is 2.23. The minimum absolute atomic E-state index is 0.136. The molecule has 1 aliphatic heterocycles. The zero-order valence-corrected chi connectivity index (χ0v) is 13.1. The molecular weight excluding hydrogens is 294 g/mol. The Labute approximate surface area is 125 Å². The van der Waals surface area contributed by atoms with Gasteiger partial charge in [-0.15, -0.1) is 0 Å². The second kappa shape index (κ2) is 6.69. The van der Waals surface area contributed by atoms with Crippen molar-refractivity contribution in [2.24, 2.45) is 0 Å². The molecule has 2 N–H and O–H groups in total. The number of methoxy groups -OCH3 is 1. The second-order valence-corrected chi connectivity index (χ2v) is 6.63. The zero-order valence-electron chi connectivity index (χ0n) is 12.3. The summed E-state index contributed by atoms with van der Waals surface area (Å²) in [5.74, 6) is 0.349. The maximum Gasteiger partial charge on any atom is 0.244 e. The number of nitrogens with zero attached hydrogens (tertiary/aromatic N) is 1. The maximum atomic E-state index is 12.5. The van der Waals surface area contributed by atoms with E-state index in [1.165, 1.54) is 6.07 Å². The lowest BCUT2D eigenvalue weighted by atomic mass is 10.0. The monoisotopic (exact) mass is 315 g/mol. The van der Waals surface area contributed by atoms with Gasteiger partial charge in [-0.05, 0) is 19.1 Å². The van der Waals surface area contributed by atoms with Crippen LogP contribution in [0.4, 0.5) is 5.82 Å². The summed E-state index contributed by atoms with van der Waals surface area (Å²) in [6.45, 7) is 3.61. The third-order valence-corrected chi connectivity index (χ3v) is 4.92. The van der Waals surface area contributed by atoms with Gasteiger partial charge in [-0.1, -0.05) is 0 Å². The van der Waals surface area contributed by atoms with Crippen LogP contribution in [0.5, 0.6) is 0 Å². The summed E-state index contributed by atoms with van der Waals surface area (Å²) in [4.78, 5) is 4.20. The Morgan fingerprint density at radius 2 is 2.33 bits per heavy atom. The molecule has 0 amide bonds. The van der Waals surface area contributed by atoms with Gasteiger partial charge in [0.1, 0.15) is 16.3 Å². The number of sulfonamides is 1. The molecule has 21 heavy (non-hydrogen) atoms. The van der Waals surface area contributed by atoms with E-state index < -0.39 is 15.6 Å². The molecule has 0 bridgehead atoms. The average Bonchev–Trinajstić information content (AvgIpc) is 2.96. The normalized spacial score (nSPS) is 22.4. The molecule has 0 aromatic carbocycles. The SMILES string of the molecule is CCNc1ncccc1S(=O)(=O)NCC1(OC)CCOC1. The summed E-state index contributed by atoms with van der Waals surface area (Å²) in [6.07, 6.45) is 2.22. The molecule has 0 aliphatic carbocycles. The van der Waals surface area contributed by atoms with Crippen molar-refractivity contribution in [3.63, 3.8) is 0 Å². The van der Waals surface area contributed by atoms with E-state index in [0.29, 0.717) is 32.0 Å². The molecule has 1 aliphatic rings. The lowest BCUT2D eigenvalue weighted by Crippen LogP contribution is -2.45. The number of hydrogen-bond acceptors (Lipinski definition) is 6. The van der Waals surface area contributed by atoms with Crippen LogP contribution in [0.15, 0.2) is 23.2 Å². The predicted octanol–water partition coefficient (Wildman–Crippen LogP) is 0.597. The molecule has 1 aromatic rings. The van der Waals surface area contributed by atoms with Crippen LogP contribution in [0.2, 0.25) is 0 Å². The highest BCUT2D eigenvalue weighted by atomic mass is 32.2. The Hall–Kier alpha value is -1.22. The van der Waals surface area contributed by atoms with Crippen molar-refractivity contribution in [1.82, 2.24) is 9.71 Å². The van der Waals surface area contributed by atoms with E-state index in [1.807, 2.05) is 6.92 Å². The first-order valence-electron chi connectivity index (χ1n) is 6.84. The molecule has 8 heteroatoms. The number of pyridine rings is 1. The standard InChI is InChI=1S/C13H21N3O4S/c1-3-14-12-11(5-4-7-15-12)21(17,18)16-9-13(19-2)6-8-20-10-13/h4-5,7,16H,3,6,8-10H2,1-2H3,(H,14,15). The summed E-state index contributed by atoms with van der Waals surface area (Å²) in [5, 5.41) is 2.95. The highest BCUT2D eigenvalue weighted by molar-refractivity contribution is 7.89. The largest absolute Gasteiger partial charge is 0.378 e. The third-order valence-electron chi connectivity index (χ3n) is 3.49. The van der Waals surface area contributed by atoms with E-state index in [9.17, 15) is 8.42 Å². The lowest BCUT2D eigenvalue weighted by Gasteiger charge is -2.26. The quantitative estimate of drug-likeness (QED) is 0.766. The van der Waals surface area contributed by atoms with Gasteiger partial charge >= 0.3 is 0 Å². The van der Waals surface area contributed by atoms with Crippen LogP contribution in [0.25, 0.3) is 0 Å². The van der Waals surface area contributed by atoms with Gasteiger partial charge in [0.25, 0.3) is 0 Å². The van der Waals surface area contributed by atoms with Crippen LogP contribution in [0, 0.1) is 0 Å². The zero-order chi connectivity index (χ0) is 15.3. The lowest BCUT2D eigenvalue weighted by molar-refractivity contribution is -0.0120. The van der Waals surface area contributed by atoms with E-state index in [0.717, 1.165) is 0 Å². The van der Waals surface area contributed by atoms with Gasteiger partial charge in [0, 0.05) is 39.4 Å². The van der Waals surface area contributed by atoms with Gasteiger partial charge in [-0.25, -0.2) is 18.1 Å². The Bertz CT molecular complexity index is 571. The fraction of sp³-hybridized carbons (Fsp3) is 0.615. The van der Waals surface area contributed by atoms with Crippen LogP contribution in [-0.4, -0.2) is 52.4 Å². The summed E-state index contributed by atoms with van der Waals surface area (Å²) >= 11 is 0. The molecule has 118 valence electrons. The van der Waals surface area contributed by atoms with Crippen molar-refractivity contribution < 1.29 is 17.9 Å². The number of aromatic nitrogens is 1. The van der Waals surface area contributed by atoms with Crippen LogP contribution >= 0.6 is 0 Å². The summed E-state index contributed by atoms with van der Waals surface area (Å²) < 4.78 is 38.2.